The van der Waals surface area contributed by atoms with Gasteiger partial charge in [0.1, 0.15) is 0 Å². The van der Waals surface area contributed by atoms with E-state index in [1.807, 2.05) is 18.4 Å². The first kappa shape index (κ1) is 11.8. The molecule has 0 aromatic heterocycles. The Bertz CT molecular complexity index is 623. The summed E-state index contributed by atoms with van der Waals surface area (Å²) in [6.07, 6.45) is 10.5. The topological polar surface area (TPSA) is 53.1 Å². The lowest BCUT2D eigenvalue weighted by molar-refractivity contribution is 0.730. The zero-order valence-corrected chi connectivity index (χ0v) is 10.8. The molecular formula is C16H17N3. The fourth-order valence-electron chi connectivity index (χ4n) is 2.80. The molecule has 0 bridgehead atoms. The summed E-state index contributed by atoms with van der Waals surface area (Å²) < 4.78 is 0. The van der Waals surface area contributed by atoms with Gasteiger partial charge in [-0.2, -0.15) is 0 Å². The van der Waals surface area contributed by atoms with Crippen LogP contribution in [0, 0.1) is 5.41 Å². The number of hydrogen-bond acceptors (Lipinski definition) is 2. The molecular weight excluding hydrogens is 234 g/mol. The summed E-state index contributed by atoms with van der Waals surface area (Å²) >= 11 is 0. The summed E-state index contributed by atoms with van der Waals surface area (Å²) in [5.41, 5.74) is 12.8. The van der Waals surface area contributed by atoms with Crippen LogP contribution in [0.3, 0.4) is 0 Å². The Kier molecular flexibility index (Phi) is 2.75. The molecule has 3 heteroatoms. The van der Waals surface area contributed by atoms with Crippen LogP contribution in [-0.4, -0.2) is 11.2 Å². The number of rotatable bonds is 2. The SMILES string of the molecule is C=C1C=C(c2ccc3c(c2N)CCC3)C=CN1C=N. The molecule has 96 valence electrons. The number of hydrogen-bond donors (Lipinski definition) is 2. The monoisotopic (exact) mass is 251 g/mol. The molecule has 0 atom stereocenters. The van der Waals surface area contributed by atoms with Crippen LogP contribution in [-0.2, 0) is 12.8 Å². The van der Waals surface area contributed by atoms with Crippen molar-refractivity contribution in [2.24, 2.45) is 0 Å². The van der Waals surface area contributed by atoms with E-state index in [-0.39, 0.29) is 0 Å². The van der Waals surface area contributed by atoms with Crippen molar-refractivity contribution in [1.29, 1.82) is 5.41 Å². The summed E-state index contributed by atoms with van der Waals surface area (Å²) in [7, 11) is 0. The zero-order valence-electron chi connectivity index (χ0n) is 10.8. The van der Waals surface area contributed by atoms with Crippen LogP contribution in [0.5, 0.6) is 0 Å². The highest BCUT2D eigenvalue weighted by molar-refractivity contribution is 5.86. The van der Waals surface area contributed by atoms with E-state index in [0.29, 0.717) is 0 Å². The molecule has 1 aromatic carbocycles. The zero-order chi connectivity index (χ0) is 13.4. The molecule has 0 amide bonds. The number of nitrogens with two attached hydrogens (primary N) is 1. The molecule has 3 nitrogen and oxygen atoms in total. The first-order valence-corrected chi connectivity index (χ1v) is 6.49. The van der Waals surface area contributed by atoms with E-state index >= 15 is 0 Å². The lowest BCUT2D eigenvalue weighted by atomic mass is 9.96. The first-order chi connectivity index (χ1) is 9.20. The van der Waals surface area contributed by atoms with E-state index in [9.17, 15) is 0 Å². The van der Waals surface area contributed by atoms with Gasteiger partial charge in [0.05, 0.1) is 6.34 Å². The average molecular weight is 251 g/mol. The summed E-state index contributed by atoms with van der Waals surface area (Å²) in [5, 5.41) is 7.28. The van der Waals surface area contributed by atoms with Gasteiger partial charge in [-0.1, -0.05) is 18.7 Å². The number of nitrogens with one attached hydrogen (secondary N) is 1. The van der Waals surface area contributed by atoms with Crippen molar-refractivity contribution in [2.45, 2.75) is 19.3 Å². The van der Waals surface area contributed by atoms with Gasteiger partial charge in [0, 0.05) is 23.1 Å². The van der Waals surface area contributed by atoms with Crippen molar-refractivity contribution < 1.29 is 0 Å². The molecule has 1 aliphatic heterocycles. The molecule has 1 heterocycles. The minimum Gasteiger partial charge on any atom is -0.398 e. The number of aryl methyl sites for hydroxylation is 1. The van der Waals surface area contributed by atoms with Crippen molar-refractivity contribution >= 4 is 17.6 Å². The van der Waals surface area contributed by atoms with Gasteiger partial charge in [-0.3, -0.25) is 5.41 Å². The van der Waals surface area contributed by atoms with Gasteiger partial charge in [0.25, 0.3) is 0 Å². The standard InChI is InChI=1S/C16H17N3/c1-11-9-13(7-8-19(11)10-17)15-6-5-12-3-2-4-14(12)16(15)18/h5-10,17H,1-4,18H2. The second kappa shape index (κ2) is 4.43. The maximum atomic E-state index is 7.28. The van der Waals surface area contributed by atoms with Crippen LogP contribution in [0.25, 0.3) is 5.57 Å². The Labute approximate surface area is 113 Å². The number of anilines is 1. The molecule has 0 unspecified atom stereocenters. The third-order valence-corrected chi connectivity index (χ3v) is 3.85. The molecule has 1 aliphatic carbocycles. The van der Waals surface area contributed by atoms with Gasteiger partial charge in [0.15, 0.2) is 0 Å². The second-order valence-corrected chi connectivity index (χ2v) is 4.96. The summed E-state index contributed by atoms with van der Waals surface area (Å²) in [6, 6.07) is 4.29. The third kappa shape index (κ3) is 1.87. The van der Waals surface area contributed by atoms with Gasteiger partial charge < -0.3 is 10.6 Å². The van der Waals surface area contributed by atoms with E-state index in [4.69, 9.17) is 11.1 Å². The maximum Gasteiger partial charge on any atom is 0.0902 e. The highest BCUT2D eigenvalue weighted by Gasteiger charge is 2.18. The smallest absolute Gasteiger partial charge is 0.0902 e. The predicted molar refractivity (Wildman–Crippen MR) is 79.8 cm³/mol. The lowest BCUT2D eigenvalue weighted by Gasteiger charge is -2.21. The molecule has 3 N–H and O–H groups in total. The Morgan fingerprint density at radius 3 is 2.89 bits per heavy atom. The number of fused-ring (bicyclic) bond motifs is 1. The van der Waals surface area contributed by atoms with Crippen LogP contribution in [0.2, 0.25) is 0 Å². The molecule has 0 spiro atoms. The van der Waals surface area contributed by atoms with Crippen molar-refractivity contribution in [3.05, 3.63) is 59.5 Å². The van der Waals surface area contributed by atoms with E-state index in [1.54, 1.807) is 4.90 Å². The van der Waals surface area contributed by atoms with Crippen molar-refractivity contribution in [3.63, 3.8) is 0 Å². The van der Waals surface area contributed by atoms with Gasteiger partial charge in [0.2, 0.25) is 0 Å². The minimum atomic E-state index is 0.785. The highest BCUT2D eigenvalue weighted by atomic mass is 15.1. The average Bonchev–Trinajstić information content (AvgIpc) is 2.88. The molecule has 0 saturated carbocycles. The largest absolute Gasteiger partial charge is 0.398 e. The lowest BCUT2D eigenvalue weighted by Crippen LogP contribution is -2.14. The third-order valence-electron chi connectivity index (χ3n) is 3.85. The molecule has 0 saturated heterocycles. The normalized spacial score (nSPS) is 17.4. The van der Waals surface area contributed by atoms with E-state index < -0.39 is 0 Å². The Morgan fingerprint density at radius 2 is 2.16 bits per heavy atom. The van der Waals surface area contributed by atoms with Gasteiger partial charge in [-0.25, -0.2) is 0 Å². The van der Waals surface area contributed by atoms with Gasteiger partial charge in [-0.05, 0) is 48.1 Å². The van der Waals surface area contributed by atoms with Crippen molar-refractivity contribution in [1.82, 2.24) is 4.90 Å². The van der Waals surface area contributed by atoms with Crippen molar-refractivity contribution in [3.8, 4) is 0 Å². The van der Waals surface area contributed by atoms with Crippen LogP contribution in [0.15, 0.2) is 42.8 Å². The first-order valence-electron chi connectivity index (χ1n) is 6.49. The summed E-state index contributed by atoms with van der Waals surface area (Å²) in [5.74, 6) is 0. The van der Waals surface area contributed by atoms with Crippen LogP contribution < -0.4 is 5.73 Å². The molecule has 2 aliphatic rings. The molecule has 0 radical (unpaired) electrons. The quantitative estimate of drug-likeness (QED) is 0.482. The Balaban J connectivity index is 2.03. The van der Waals surface area contributed by atoms with E-state index in [2.05, 4.69) is 18.7 Å². The summed E-state index contributed by atoms with van der Waals surface area (Å²) in [6.45, 7) is 3.95. The number of allylic oxidation sites excluding steroid dienone is 3. The number of benzene rings is 1. The van der Waals surface area contributed by atoms with Gasteiger partial charge >= 0.3 is 0 Å². The van der Waals surface area contributed by atoms with Crippen LogP contribution in [0.4, 0.5) is 5.69 Å². The molecule has 1 aromatic rings. The van der Waals surface area contributed by atoms with Crippen molar-refractivity contribution in [2.75, 3.05) is 5.73 Å². The molecule has 3 rings (SSSR count). The fourth-order valence-corrected chi connectivity index (χ4v) is 2.80. The fraction of sp³-hybridized carbons (Fsp3) is 0.188. The van der Waals surface area contributed by atoms with Crippen LogP contribution >= 0.6 is 0 Å². The second-order valence-electron chi connectivity index (χ2n) is 4.96. The molecule has 19 heavy (non-hydrogen) atoms. The summed E-state index contributed by atoms with van der Waals surface area (Å²) in [4.78, 5) is 1.67. The van der Waals surface area contributed by atoms with Crippen LogP contribution in [0.1, 0.15) is 23.1 Å². The highest BCUT2D eigenvalue weighted by Crippen LogP contribution is 2.35. The van der Waals surface area contributed by atoms with E-state index in [0.717, 1.165) is 35.4 Å². The Hall–Kier alpha value is -2.29. The predicted octanol–water partition coefficient (Wildman–Crippen LogP) is 3.09. The molecule has 0 fully saturated rings. The maximum absolute atomic E-state index is 7.28. The minimum absolute atomic E-state index is 0.785. The van der Waals surface area contributed by atoms with E-state index in [1.165, 1.54) is 23.9 Å². The van der Waals surface area contributed by atoms with Gasteiger partial charge in [-0.15, -0.1) is 0 Å². The number of nitrogens with zero attached hydrogens (tertiary/aromatic N) is 1. The number of nitrogen functional groups attached to an aromatic ring is 1. The Morgan fingerprint density at radius 1 is 1.32 bits per heavy atom.